The first-order valence-electron chi connectivity index (χ1n) is 8.26. The predicted molar refractivity (Wildman–Crippen MR) is 96.9 cm³/mol. The molecular weight excluding hydrogens is 340 g/mol. The van der Waals surface area contributed by atoms with Crippen LogP contribution in [0.1, 0.15) is 24.6 Å². The van der Waals surface area contributed by atoms with E-state index in [1.54, 1.807) is 6.92 Å². The van der Waals surface area contributed by atoms with Gasteiger partial charge in [0, 0.05) is 24.7 Å². The van der Waals surface area contributed by atoms with Crippen molar-refractivity contribution in [3.8, 4) is 0 Å². The monoisotopic (exact) mass is 359 g/mol. The number of aryl methyl sites for hydroxylation is 2. The number of nitrogen functional groups attached to an aromatic ring is 1. The molecule has 26 heavy (non-hydrogen) atoms. The normalized spacial score (nSPS) is 11.1. The van der Waals surface area contributed by atoms with Crippen molar-refractivity contribution in [1.82, 2.24) is 14.5 Å². The highest BCUT2D eigenvalue weighted by Gasteiger charge is 2.14. The fraction of sp³-hybridized carbons (Fsp3) is 0.278. The number of pyridine rings is 1. The molecule has 0 fully saturated rings. The third-order valence-corrected chi connectivity index (χ3v) is 4.05. The predicted octanol–water partition coefficient (Wildman–Crippen LogP) is 2.98. The Morgan fingerprint density at radius 1 is 1.23 bits per heavy atom. The number of nitrogens with two attached hydrogens (primary N) is 1. The van der Waals surface area contributed by atoms with Gasteiger partial charge in [-0.1, -0.05) is 13.0 Å². The lowest BCUT2D eigenvalue weighted by atomic mass is 10.2. The summed E-state index contributed by atoms with van der Waals surface area (Å²) in [5, 5.41) is 2.86. The van der Waals surface area contributed by atoms with E-state index in [0.717, 1.165) is 6.42 Å². The van der Waals surface area contributed by atoms with Gasteiger partial charge in [0.05, 0.1) is 5.69 Å². The molecule has 0 radical (unpaired) electrons. The second-order valence-corrected chi connectivity index (χ2v) is 5.98. The molecule has 1 aromatic carbocycles. The minimum absolute atomic E-state index is 0.0963. The van der Waals surface area contributed by atoms with Gasteiger partial charge in [-0.25, -0.2) is 18.7 Å². The largest absolute Gasteiger partial charge is 0.397 e. The van der Waals surface area contributed by atoms with Crippen molar-refractivity contribution in [2.75, 3.05) is 11.1 Å². The number of nitrogens with zero attached hydrogens (tertiary/aromatic N) is 3. The molecule has 0 aliphatic rings. The van der Waals surface area contributed by atoms with Crippen LogP contribution in [0.15, 0.2) is 29.1 Å². The van der Waals surface area contributed by atoms with E-state index in [-0.39, 0.29) is 17.7 Å². The Labute approximate surface area is 148 Å². The van der Waals surface area contributed by atoms with Gasteiger partial charge in [-0.2, -0.15) is 0 Å². The van der Waals surface area contributed by atoms with Crippen LogP contribution in [0.25, 0.3) is 11.2 Å². The topological polar surface area (TPSA) is 85.8 Å². The average Bonchev–Trinajstić information content (AvgIpc) is 2.59. The van der Waals surface area contributed by atoms with Crippen LogP contribution >= 0.6 is 0 Å². The van der Waals surface area contributed by atoms with E-state index in [0.29, 0.717) is 34.9 Å². The standard InChI is InChI=1S/C18H19F2N5O/c1-3-7-25-17-16(23-10(2)18(25)26)14(21)8-15(24-17)22-9-11-12(19)5-4-6-13(11)20/h4-6,8H,3,7,9H2,1-2H3,(H3,21,22,24). The molecule has 8 heteroatoms. The van der Waals surface area contributed by atoms with E-state index in [2.05, 4.69) is 15.3 Å². The zero-order valence-corrected chi connectivity index (χ0v) is 14.5. The molecule has 3 aromatic rings. The summed E-state index contributed by atoms with van der Waals surface area (Å²) in [6.07, 6.45) is 0.734. The van der Waals surface area contributed by atoms with Crippen LogP contribution in [0.2, 0.25) is 0 Å². The fourth-order valence-electron chi connectivity index (χ4n) is 2.76. The zero-order valence-electron chi connectivity index (χ0n) is 14.5. The van der Waals surface area contributed by atoms with Crippen LogP contribution in [0, 0.1) is 18.6 Å². The molecule has 0 unspecified atom stereocenters. The van der Waals surface area contributed by atoms with E-state index in [9.17, 15) is 13.6 Å². The van der Waals surface area contributed by atoms with Crippen LogP contribution in [0.4, 0.5) is 20.3 Å². The van der Waals surface area contributed by atoms with Gasteiger partial charge in [0.25, 0.3) is 5.56 Å². The SMILES string of the molecule is CCCn1c(=O)c(C)nc2c(N)cc(NCc3c(F)cccc3F)nc21. The molecule has 0 saturated heterocycles. The van der Waals surface area contributed by atoms with Gasteiger partial charge in [-0.15, -0.1) is 0 Å². The fourth-order valence-corrected chi connectivity index (χ4v) is 2.76. The van der Waals surface area contributed by atoms with Gasteiger partial charge < -0.3 is 11.1 Å². The number of benzene rings is 1. The molecule has 0 bridgehead atoms. The number of hydrogen-bond donors (Lipinski definition) is 2. The maximum absolute atomic E-state index is 13.8. The molecule has 3 rings (SSSR count). The molecule has 6 nitrogen and oxygen atoms in total. The van der Waals surface area contributed by atoms with Gasteiger partial charge in [0.1, 0.15) is 28.7 Å². The summed E-state index contributed by atoms with van der Waals surface area (Å²) in [4.78, 5) is 21.0. The summed E-state index contributed by atoms with van der Waals surface area (Å²) < 4.78 is 29.1. The van der Waals surface area contributed by atoms with Crippen molar-refractivity contribution in [2.45, 2.75) is 33.4 Å². The minimum Gasteiger partial charge on any atom is -0.397 e. The molecule has 0 spiro atoms. The number of halogens is 2. The third kappa shape index (κ3) is 3.22. The Morgan fingerprint density at radius 3 is 2.58 bits per heavy atom. The summed E-state index contributed by atoms with van der Waals surface area (Å²) >= 11 is 0. The van der Waals surface area contributed by atoms with Crippen LogP contribution in [0.3, 0.4) is 0 Å². The Morgan fingerprint density at radius 2 is 1.92 bits per heavy atom. The smallest absolute Gasteiger partial charge is 0.273 e. The van der Waals surface area contributed by atoms with E-state index in [4.69, 9.17) is 5.73 Å². The molecule has 0 aliphatic heterocycles. The van der Waals surface area contributed by atoms with Crippen molar-refractivity contribution in [1.29, 1.82) is 0 Å². The number of rotatable bonds is 5. The summed E-state index contributed by atoms with van der Waals surface area (Å²) in [5.74, 6) is -0.981. The number of nitrogens with one attached hydrogen (secondary N) is 1. The number of fused-ring (bicyclic) bond motifs is 1. The van der Waals surface area contributed by atoms with Crippen LogP contribution in [0.5, 0.6) is 0 Å². The highest BCUT2D eigenvalue weighted by molar-refractivity contribution is 5.86. The van der Waals surface area contributed by atoms with Crippen molar-refractivity contribution in [3.05, 3.63) is 57.5 Å². The van der Waals surface area contributed by atoms with Gasteiger partial charge >= 0.3 is 0 Å². The molecule has 2 heterocycles. The third-order valence-electron chi connectivity index (χ3n) is 4.05. The first kappa shape index (κ1) is 17.8. The van der Waals surface area contributed by atoms with Crippen molar-refractivity contribution < 1.29 is 8.78 Å². The minimum atomic E-state index is -0.647. The lowest BCUT2D eigenvalue weighted by Crippen LogP contribution is -2.25. The second kappa shape index (κ2) is 7.07. The van der Waals surface area contributed by atoms with Crippen LogP contribution in [-0.4, -0.2) is 14.5 Å². The Bertz CT molecular complexity index is 1010. The van der Waals surface area contributed by atoms with Gasteiger partial charge in [0.2, 0.25) is 0 Å². The van der Waals surface area contributed by atoms with Gasteiger partial charge in [0.15, 0.2) is 5.65 Å². The Hall–Kier alpha value is -3.03. The summed E-state index contributed by atoms with van der Waals surface area (Å²) in [6.45, 7) is 3.94. The van der Waals surface area contributed by atoms with E-state index in [1.165, 1.54) is 28.8 Å². The van der Waals surface area contributed by atoms with Gasteiger partial charge in [-0.05, 0) is 25.5 Å². The quantitative estimate of drug-likeness (QED) is 0.731. The van der Waals surface area contributed by atoms with E-state index < -0.39 is 11.6 Å². The summed E-state index contributed by atoms with van der Waals surface area (Å²) in [7, 11) is 0. The second-order valence-electron chi connectivity index (χ2n) is 5.98. The Kier molecular flexibility index (Phi) is 4.83. The maximum atomic E-state index is 13.8. The van der Waals surface area contributed by atoms with E-state index >= 15 is 0 Å². The lowest BCUT2D eigenvalue weighted by Gasteiger charge is -2.13. The molecule has 0 aliphatic carbocycles. The highest BCUT2D eigenvalue weighted by atomic mass is 19.1. The summed E-state index contributed by atoms with van der Waals surface area (Å²) in [6, 6.07) is 5.22. The number of anilines is 2. The number of aromatic nitrogens is 3. The molecule has 0 saturated carbocycles. The zero-order chi connectivity index (χ0) is 18.8. The molecule has 136 valence electrons. The first-order chi connectivity index (χ1) is 12.4. The van der Waals surface area contributed by atoms with Crippen LogP contribution < -0.4 is 16.6 Å². The van der Waals surface area contributed by atoms with Crippen molar-refractivity contribution >= 4 is 22.7 Å². The number of hydrogen-bond acceptors (Lipinski definition) is 5. The van der Waals surface area contributed by atoms with E-state index in [1.807, 2.05) is 6.92 Å². The molecular formula is C18H19F2N5O. The molecule has 0 atom stereocenters. The van der Waals surface area contributed by atoms with Crippen molar-refractivity contribution in [2.24, 2.45) is 0 Å². The lowest BCUT2D eigenvalue weighted by molar-refractivity contribution is 0.560. The molecule has 2 aromatic heterocycles. The maximum Gasteiger partial charge on any atom is 0.273 e. The van der Waals surface area contributed by atoms with Gasteiger partial charge in [-0.3, -0.25) is 9.36 Å². The molecule has 3 N–H and O–H groups in total. The molecule has 0 amide bonds. The summed E-state index contributed by atoms with van der Waals surface area (Å²) in [5.41, 5.74) is 7.18. The van der Waals surface area contributed by atoms with Crippen LogP contribution in [-0.2, 0) is 13.1 Å². The first-order valence-corrected chi connectivity index (χ1v) is 8.26. The van der Waals surface area contributed by atoms with Crippen molar-refractivity contribution in [3.63, 3.8) is 0 Å². The highest BCUT2D eigenvalue weighted by Crippen LogP contribution is 2.22. The average molecular weight is 359 g/mol. The Balaban J connectivity index is 2.04.